The normalized spacial score (nSPS) is 27.7. The van der Waals surface area contributed by atoms with Crippen LogP contribution in [0.3, 0.4) is 0 Å². The maximum atomic E-state index is 13.1. The number of carbonyl (C=O) groups is 1. The summed E-state index contributed by atoms with van der Waals surface area (Å²) in [4.78, 5) is 15.8. The highest BCUT2D eigenvalue weighted by molar-refractivity contribution is 5.75. The highest BCUT2D eigenvalue weighted by Crippen LogP contribution is 2.55. The van der Waals surface area contributed by atoms with Crippen LogP contribution in [0.15, 0.2) is 48.5 Å². The lowest BCUT2D eigenvalue weighted by Gasteiger charge is -2.56. The largest absolute Gasteiger partial charge is 0.392 e. The Hall–Kier alpha value is -2.45. The zero-order chi connectivity index (χ0) is 36.9. The molecule has 0 aromatic heterocycles. The average Bonchev–Trinajstić information content (AvgIpc) is 3.16. The molecule has 1 saturated heterocycles. The third kappa shape index (κ3) is 12.0. The van der Waals surface area contributed by atoms with Crippen molar-refractivity contribution in [1.82, 2.24) is 15.5 Å². The van der Waals surface area contributed by atoms with Gasteiger partial charge in [-0.25, -0.2) is 4.79 Å². The van der Waals surface area contributed by atoms with E-state index in [9.17, 15) is 9.90 Å². The molecular weight excluding hydrogens is 659 g/mol. The van der Waals surface area contributed by atoms with Gasteiger partial charge >= 0.3 is 6.03 Å². The Bertz CT molecular complexity index is 1310. The summed E-state index contributed by atoms with van der Waals surface area (Å²) >= 11 is 0. The average molecular weight is 730 g/mol. The van der Waals surface area contributed by atoms with Gasteiger partial charge in [-0.2, -0.15) is 0 Å². The summed E-state index contributed by atoms with van der Waals surface area (Å²) in [6.07, 6.45) is 23.6. The summed E-state index contributed by atoms with van der Waals surface area (Å²) in [5.74, 6) is 2.42. The van der Waals surface area contributed by atoms with Crippen LogP contribution in [0.5, 0.6) is 0 Å². The Kier molecular flexibility index (Phi) is 15.5. The Morgan fingerprint density at radius 1 is 0.698 bits per heavy atom. The zero-order valence-electron chi connectivity index (χ0n) is 33.2. The maximum Gasteiger partial charge on any atom is 0.315 e. The predicted molar refractivity (Wildman–Crippen MR) is 214 cm³/mol. The highest BCUT2D eigenvalue weighted by atomic mass is 16.7. The molecule has 0 spiro atoms. The van der Waals surface area contributed by atoms with E-state index in [-0.39, 0.29) is 30.4 Å². The molecule has 0 unspecified atom stereocenters. The minimum absolute atomic E-state index is 0.0166. The molecule has 3 atom stereocenters. The van der Waals surface area contributed by atoms with E-state index in [0.29, 0.717) is 6.54 Å². The number of urea groups is 1. The third-order valence-corrected chi connectivity index (χ3v) is 12.9. The van der Waals surface area contributed by atoms with Crippen LogP contribution in [-0.2, 0) is 22.6 Å². The van der Waals surface area contributed by atoms with Gasteiger partial charge in [0.05, 0.1) is 18.8 Å². The number of nitrogens with zero attached hydrogens (tertiary/aromatic N) is 1. The number of ether oxygens (including phenoxy) is 2. The first-order valence-corrected chi connectivity index (χ1v) is 21.8. The van der Waals surface area contributed by atoms with Gasteiger partial charge in [0.25, 0.3) is 0 Å². The molecule has 1 aliphatic heterocycles. The molecule has 2 aromatic carbocycles. The van der Waals surface area contributed by atoms with Gasteiger partial charge in [0.2, 0.25) is 0 Å². The van der Waals surface area contributed by atoms with Gasteiger partial charge in [-0.05, 0) is 98.9 Å². The molecular formula is C46H71N3O4. The standard InChI is InChI=1S/C46H71N3O4/c1-3-5-7-9-11-13-23-49(24-14-12-10-8-6-4-2)33-42-28-43(40-19-17-36(34-50)18-20-40)53-44(52-42)41-21-15-35(16-22-41)32-47-45(51)48-46-29-37-25-38(30-46)27-39(26-37)31-46/h15-22,37-39,42-44,50H,3-14,23-34H2,1-2H3,(H2,47,48,51)/t37?,38?,39?,42-,43+,44+,46?/m1/s1. The van der Waals surface area contributed by atoms with Crippen LogP contribution in [-0.4, -0.2) is 47.3 Å². The number of hydrogen-bond donors (Lipinski definition) is 3. The number of unbranched alkanes of at least 4 members (excludes halogenated alkanes) is 10. The van der Waals surface area contributed by atoms with Crippen molar-refractivity contribution in [3.8, 4) is 0 Å². The zero-order valence-corrected chi connectivity index (χ0v) is 33.2. The summed E-state index contributed by atoms with van der Waals surface area (Å²) in [6.45, 7) is 8.27. The second kappa shape index (κ2) is 20.5. The Morgan fingerprint density at radius 3 is 1.79 bits per heavy atom. The lowest BCUT2D eigenvalue weighted by Crippen LogP contribution is -2.61. The fourth-order valence-electron chi connectivity index (χ4n) is 10.4. The van der Waals surface area contributed by atoms with E-state index in [1.54, 1.807) is 0 Å². The van der Waals surface area contributed by atoms with Crippen molar-refractivity contribution in [2.75, 3.05) is 19.6 Å². The predicted octanol–water partition coefficient (Wildman–Crippen LogP) is 10.5. The Morgan fingerprint density at radius 2 is 1.23 bits per heavy atom. The van der Waals surface area contributed by atoms with Gasteiger partial charge in [0.15, 0.2) is 6.29 Å². The number of amides is 2. The van der Waals surface area contributed by atoms with Crippen molar-refractivity contribution < 1.29 is 19.4 Å². The van der Waals surface area contributed by atoms with Crippen molar-refractivity contribution >= 4 is 6.03 Å². The number of hydrogen-bond acceptors (Lipinski definition) is 5. The fraction of sp³-hybridized carbons (Fsp3) is 0.717. The monoisotopic (exact) mass is 730 g/mol. The van der Waals surface area contributed by atoms with Crippen LogP contribution in [0.1, 0.15) is 170 Å². The molecule has 4 saturated carbocycles. The molecule has 5 fully saturated rings. The minimum Gasteiger partial charge on any atom is -0.392 e. The van der Waals surface area contributed by atoms with Gasteiger partial charge in [-0.15, -0.1) is 0 Å². The van der Waals surface area contributed by atoms with Crippen LogP contribution in [0.25, 0.3) is 0 Å². The highest BCUT2D eigenvalue weighted by Gasteiger charge is 2.51. The molecule has 2 aromatic rings. The van der Waals surface area contributed by atoms with Crippen molar-refractivity contribution in [1.29, 1.82) is 0 Å². The van der Waals surface area contributed by atoms with E-state index in [1.165, 1.54) is 96.3 Å². The van der Waals surface area contributed by atoms with Gasteiger partial charge in [0.1, 0.15) is 0 Å². The minimum atomic E-state index is -0.470. The number of rotatable bonds is 22. The first-order chi connectivity index (χ1) is 25.9. The summed E-state index contributed by atoms with van der Waals surface area (Å²) in [6, 6.07) is 16.6. The van der Waals surface area contributed by atoms with Gasteiger partial charge in [-0.1, -0.05) is 127 Å². The van der Waals surface area contributed by atoms with Crippen molar-refractivity contribution in [2.24, 2.45) is 17.8 Å². The lowest BCUT2D eigenvalue weighted by molar-refractivity contribution is -0.253. The van der Waals surface area contributed by atoms with Crippen LogP contribution >= 0.6 is 0 Å². The molecule has 2 amide bonds. The fourth-order valence-corrected chi connectivity index (χ4v) is 10.4. The van der Waals surface area contributed by atoms with E-state index < -0.39 is 6.29 Å². The van der Waals surface area contributed by atoms with E-state index in [1.807, 2.05) is 12.1 Å². The molecule has 4 aliphatic carbocycles. The van der Waals surface area contributed by atoms with Gasteiger partial charge in [0, 0.05) is 30.6 Å². The molecule has 7 nitrogen and oxygen atoms in total. The number of aliphatic hydroxyl groups excluding tert-OH is 1. The Balaban J connectivity index is 1.07. The maximum absolute atomic E-state index is 13.1. The first kappa shape index (κ1) is 40.2. The smallest absolute Gasteiger partial charge is 0.315 e. The first-order valence-electron chi connectivity index (χ1n) is 21.8. The van der Waals surface area contributed by atoms with Gasteiger partial charge in [-0.3, -0.25) is 0 Å². The van der Waals surface area contributed by atoms with Crippen LogP contribution in [0.4, 0.5) is 4.79 Å². The number of nitrogens with one attached hydrogen (secondary N) is 2. The number of benzene rings is 2. The second-order valence-electron chi connectivity index (χ2n) is 17.4. The van der Waals surface area contributed by atoms with Crippen molar-refractivity contribution in [3.05, 3.63) is 70.8 Å². The lowest BCUT2D eigenvalue weighted by atomic mass is 9.53. The van der Waals surface area contributed by atoms with E-state index in [4.69, 9.17) is 9.47 Å². The SMILES string of the molecule is CCCCCCCCN(CCCCCCCC)C[C@H]1C[C@@H](c2ccc(CO)cc2)O[C@@H](c2ccc(CNC(=O)NC34CC5CC(CC(C5)C3)C4)cc2)O1. The van der Waals surface area contributed by atoms with E-state index in [2.05, 4.69) is 65.8 Å². The molecule has 294 valence electrons. The van der Waals surface area contributed by atoms with Crippen LogP contribution in [0.2, 0.25) is 0 Å². The van der Waals surface area contributed by atoms with Crippen LogP contribution in [0, 0.1) is 17.8 Å². The Labute approximate surface area is 321 Å². The molecule has 1 heterocycles. The molecule has 4 bridgehead atoms. The molecule has 5 aliphatic rings. The quantitative estimate of drug-likeness (QED) is 0.105. The third-order valence-electron chi connectivity index (χ3n) is 12.9. The molecule has 7 rings (SSSR count). The summed E-state index contributed by atoms with van der Waals surface area (Å²) < 4.78 is 13.5. The summed E-state index contributed by atoms with van der Waals surface area (Å²) in [7, 11) is 0. The van der Waals surface area contributed by atoms with Gasteiger partial charge < -0.3 is 30.1 Å². The number of aliphatic hydroxyl groups is 1. The van der Waals surface area contributed by atoms with Crippen LogP contribution < -0.4 is 10.6 Å². The molecule has 53 heavy (non-hydrogen) atoms. The molecule has 3 N–H and O–H groups in total. The molecule has 7 heteroatoms. The molecule has 0 radical (unpaired) electrons. The summed E-state index contributed by atoms with van der Waals surface area (Å²) in [5.41, 5.74) is 4.13. The van der Waals surface area contributed by atoms with E-state index >= 15 is 0 Å². The van der Waals surface area contributed by atoms with E-state index in [0.717, 1.165) is 85.3 Å². The van der Waals surface area contributed by atoms with Crippen molar-refractivity contribution in [3.63, 3.8) is 0 Å². The topological polar surface area (TPSA) is 83.1 Å². The summed E-state index contributed by atoms with van der Waals surface area (Å²) in [5, 5.41) is 16.3. The van der Waals surface area contributed by atoms with Crippen molar-refractivity contribution in [2.45, 2.75) is 173 Å². The second-order valence-corrected chi connectivity index (χ2v) is 17.4. The number of carbonyl (C=O) groups excluding carboxylic acids is 1.